The van der Waals surface area contributed by atoms with Crippen molar-refractivity contribution in [3.8, 4) is 0 Å². The number of aliphatic hydroxyl groups excluding tert-OH is 1. The van der Waals surface area contributed by atoms with Crippen LogP contribution in [0.3, 0.4) is 0 Å². The van der Waals surface area contributed by atoms with Gasteiger partial charge in [-0.15, -0.1) is 11.3 Å². The van der Waals surface area contributed by atoms with Crippen LogP contribution in [0.4, 0.5) is 0 Å². The molecule has 1 aromatic rings. The summed E-state index contributed by atoms with van der Waals surface area (Å²) in [6, 6.07) is 1.88. The first-order valence-corrected chi connectivity index (χ1v) is 7.81. The summed E-state index contributed by atoms with van der Waals surface area (Å²) in [4.78, 5) is 3.11. The third-order valence-corrected chi connectivity index (χ3v) is 5.71. The van der Waals surface area contributed by atoms with Crippen molar-refractivity contribution in [1.82, 2.24) is 4.90 Å². The van der Waals surface area contributed by atoms with Crippen molar-refractivity contribution in [2.75, 3.05) is 14.1 Å². The zero-order valence-electron chi connectivity index (χ0n) is 11.3. The Morgan fingerprint density at radius 2 is 2.28 bits per heavy atom. The van der Waals surface area contributed by atoms with Crippen molar-refractivity contribution in [2.24, 2.45) is 5.92 Å². The van der Waals surface area contributed by atoms with Crippen molar-refractivity contribution in [1.29, 1.82) is 0 Å². The van der Waals surface area contributed by atoms with Gasteiger partial charge in [-0.3, -0.25) is 0 Å². The zero-order chi connectivity index (χ0) is 13.3. The Morgan fingerprint density at radius 1 is 1.56 bits per heavy atom. The molecule has 0 radical (unpaired) electrons. The minimum atomic E-state index is -0.484. The molecule has 2 rings (SSSR count). The number of halogens is 1. The summed E-state index contributed by atoms with van der Waals surface area (Å²) >= 11 is 7.75. The van der Waals surface area contributed by atoms with Gasteiger partial charge in [-0.1, -0.05) is 31.4 Å². The summed E-state index contributed by atoms with van der Waals surface area (Å²) in [5.41, 5.74) is -0.161. The van der Waals surface area contributed by atoms with E-state index in [1.165, 1.54) is 12.8 Å². The molecule has 1 aliphatic carbocycles. The first-order chi connectivity index (χ1) is 8.47. The van der Waals surface area contributed by atoms with Crippen LogP contribution in [0.15, 0.2) is 11.4 Å². The van der Waals surface area contributed by atoms with Crippen LogP contribution in [0.1, 0.15) is 43.6 Å². The van der Waals surface area contributed by atoms with Crippen molar-refractivity contribution < 1.29 is 5.11 Å². The zero-order valence-corrected chi connectivity index (χ0v) is 12.9. The van der Waals surface area contributed by atoms with Gasteiger partial charge in [0.15, 0.2) is 0 Å². The van der Waals surface area contributed by atoms with E-state index >= 15 is 0 Å². The first kappa shape index (κ1) is 14.3. The van der Waals surface area contributed by atoms with E-state index in [0.29, 0.717) is 10.9 Å². The van der Waals surface area contributed by atoms with E-state index in [-0.39, 0.29) is 5.54 Å². The molecule has 4 heteroatoms. The molecular weight excluding hydrogens is 266 g/mol. The van der Waals surface area contributed by atoms with E-state index in [4.69, 9.17) is 11.6 Å². The lowest BCUT2D eigenvalue weighted by Gasteiger charge is -2.48. The molecule has 0 aliphatic heterocycles. The molecule has 1 aliphatic rings. The van der Waals surface area contributed by atoms with E-state index < -0.39 is 6.10 Å². The summed E-state index contributed by atoms with van der Waals surface area (Å²) in [7, 11) is 4.14. The highest BCUT2D eigenvalue weighted by atomic mass is 35.5. The third-order valence-electron chi connectivity index (χ3n) is 4.30. The van der Waals surface area contributed by atoms with Gasteiger partial charge in [0.25, 0.3) is 0 Å². The molecule has 0 aromatic carbocycles. The predicted molar refractivity (Wildman–Crippen MR) is 78.3 cm³/mol. The fraction of sp³-hybridized carbons (Fsp3) is 0.714. The number of hydrogen-bond donors (Lipinski definition) is 1. The number of nitrogens with zero attached hydrogens (tertiary/aromatic N) is 1. The Morgan fingerprint density at radius 3 is 2.78 bits per heavy atom. The second kappa shape index (κ2) is 5.49. The molecular formula is C14H22ClNOS. The highest BCUT2D eigenvalue weighted by Gasteiger charge is 2.44. The largest absolute Gasteiger partial charge is 0.386 e. The molecule has 1 heterocycles. The standard InChI is InChI=1S/C14H22ClNOS/c1-10-5-4-7-14(9-10,16(2)3)13(17)12-11(15)6-8-18-12/h6,8,10,13,17H,4-5,7,9H2,1-3H3. The lowest BCUT2D eigenvalue weighted by Crippen LogP contribution is -2.52. The molecule has 1 saturated carbocycles. The number of hydrogen-bond acceptors (Lipinski definition) is 3. The molecule has 18 heavy (non-hydrogen) atoms. The molecule has 3 atom stereocenters. The van der Waals surface area contributed by atoms with Gasteiger partial charge < -0.3 is 10.0 Å². The Labute approximate surface area is 119 Å². The molecule has 1 aromatic heterocycles. The summed E-state index contributed by atoms with van der Waals surface area (Å²) in [5.74, 6) is 0.662. The normalized spacial score (nSPS) is 30.7. The van der Waals surface area contributed by atoms with Crippen LogP contribution < -0.4 is 0 Å². The SMILES string of the molecule is CC1CCCC(C(O)c2sccc2Cl)(N(C)C)C1. The highest BCUT2D eigenvalue weighted by molar-refractivity contribution is 7.10. The van der Waals surface area contributed by atoms with E-state index in [2.05, 4.69) is 25.9 Å². The van der Waals surface area contributed by atoms with Crippen LogP contribution in [0, 0.1) is 5.92 Å². The lowest BCUT2D eigenvalue weighted by atomic mass is 9.72. The maximum Gasteiger partial charge on any atom is 0.108 e. The van der Waals surface area contributed by atoms with Gasteiger partial charge >= 0.3 is 0 Å². The fourth-order valence-electron chi connectivity index (χ4n) is 3.21. The Bertz CT molecular complexity index is 406. The van der Waals surface area contributed by atoms with Crippen LogP contribution in [-0.2, 0) is 0 Å². The van der Waals surface area contributed by atoms with Gasteiger partial charge in [-0.05, 0) is 44.3 Å². The molecule has 0 bridgehead atoms. The second-order valence-electron chi connectivity index (χ2n) is 5.73. The first-order valence-electron chi connectivity index (χ1n) is 6.56. The van der Waals surface area contributed by atoms with Gasteiger partial charge in [-0.2, -0.15) is 0 Å². The third kappa shape index (κ3) is 2.46. The average Bonchev–Trinajstić information content (AvgIpc) is 2.74. The van der Waals surface area contributed by atoms with Gasteiger partial charge in [0, 0.05) is 0 Å². The average molecular weight is 288 g/mol. The summed E-state index contributed by atoms with van der Waals surface area (Å²) < 4.78 is 0. The van der Waals surface area contributed by atoms with Crippen molar-refractivity contribution in [3.05, 3.63) is 21.3 Å². The Hall–Kier alpha value is -0.0900. The maximum absolute atomic E-state index is 10.8. The smallest absolute Gasteiger partial charge is 0.108 e. The topological polar surface area (TPSA) is 23.5 Å². The van der Waals surface area contributed by atoms with Gasteiger partial charge in [0.2, 0.25) is 0 Å². The van der Waals surface area contributed by atoms with E-state index in [1.807, 2.05) is 11.4 Å². The maximum atomic E-state index is 10.8. The lowest BCUT2D eigenvalue weighted by molar-refractivity contribution is -0.0432. The minimum absolute atomic E-state index is 0.161. The van der Waals surface area contributed by atoms with Gasteiger partial charge in [-0.25, -0.2) is 0 Å². The van der Waals surface area contributed by atoms with E-state index in [0.717, 1.165) is 17.7 Å². The fourth-order valence-corrected chi connectivity index (χ4v) is 4.46. The van der Waals surface area contributed by atoms with Gasteiger partial charge in [0.05, 0.1) is 15.4 Å². The number of aliphatic hydroxyl groups is 1. The number of thiophene rings is 1. The van der Waals surface area contributed by atoms with E-state index in [9.17, 15) is 5.11 Å². The Balaban J connectivity index is 2.33. The van der Waals surface area contributed by atoms with Crippen molar-refractivity contribution >= 4 is 22.9 Å². The molecule has 2 nitrogen and oxygen atoms in total. The monoisotopic (exact) mass is 287 g/mol. The molecule has 0 spiro atoms. The number of likely N-dealkylation sites (N-methyl/N-ethyl adjacent to an activating group) is 1. The van der Waals surface area contributed by atoms with Gasteiger partial charge in [0.1, 0.15) is 6.10 Å². The van der Waals surface area contributed by atoms with Crippen LogP contribution in [0.25, 0.3) is 0 Å². The molecule has 1 N–H and O–H groups in total. The van der Waals surface area contributed by atoms with Crippen LogP contribution in [-0.4, -0.2) is 29.6 Å². The van der Waals surface area contributed by atoms with Crippen molar-refractivity contribution in [3.63, 3.8) is 0 Å². The molecule has 0 saturated heterocycles. The second-order valence-corrected chi connectivity index (χ2v) is 7.09. The van der Waals surface area contributed by atoms with Crippen LogP contribution >= 0.6 is 22.9 Å². The summed E-state index contributed by atoms with van der Waals surface area (Å²) in [6.07, 6.45) is 4.04. The highest BCUT2D eigenvalue weighted by Crippen LogP contribution is 2.46. The minimum Gasteiger partial charge on any atom is -0.386 e. The molecule has 1 fully saturated rings. The van der Waals surface area contributed by atoms with Crippen LogP contribution in [0.2, 0.25) is 5.02 Å². The predicted octanol–water partition coefficient (Wildman–Crippen LogP) is 3.95. The van der Waals surface area contributed by atoms with Crippen LogP contribution in [0.5, 0.6) is 0 Å². The Kier molecular flexibility index (Phi) is 4.37. The van der Waals surface area contributed by atoms with E-state index in [1.54, 1.807) is 11.3 Å². The summed E-state index contributed by atoms with van der Waals surface area (Å²) in [5, 5.41) is 13.5. The van der Waals surface area contributed by atoms with Crippen molar-refractivity contribution in [2.45, 2.75) is 44.2 Å². The quantitative estimate of drug-likeness (QED) is 0.910. The molecule has 3 unspecified atom stereocenters. The summed E-state index contributed by atoms with van der Waals surface area (Å²) in [6.45, 7) is 2.28. The molecule has 0 amide bonds. The number of rotatable bonds is 3. The molecule has 102 valence electrons.